The number of halogens is 9. The summed E-state index contributed by atoms with van der Waals surface area (Å²) >= 11 is 5.05. The standard InChI is InChI=1S/C6HBrF4.C6H2BrF3/c7-4-5(10)2(8)1-3(9)6(4)11;7-3-1-2-4(8)6(10)5(3)9/h1H;1-2H. The molecule has 0 heterocycles. The molecule has 0 aliphatic carbocycles. The number of rotatable bonds is 0. The first-order valence-electron chi connectivity index (χ1n) is 4.94. The summed E-state index contributed by atoms with van der Waals surface area (Å²) in [6.45, 7) is 0. The van der Waals surface area contributed by atoms with Crippen LogP contribution in [0.3, 0.4) is 0 Å². The van der Waals surface area contributed by atoms with Crippen molar-refractivity contribution in [1.82, 2.24) is 0 Å². The van der Waals surface area contributed by atoms with E-state index in [1.54, 1.807) is 0 Å². The van der Waals surface area contributed by atoms with Crippen molar-refractivity contribution < 1.29 is 30.7 Å². The number of benzene rings is 2. The van der Waals surface area contributed by atoms with E-state index in [-0.39, 0.29) is 10.5 Å². The molecule has 9 heteroatoms. The highest BCUT2D eigenvalue weighted by atomic mass is 79.9. The van der Waals surface area contributed by atoms with Crippen molar-refractivity contribution in [3.63, 3.8) is 0 Å². The van der Waals surface area contributed by atoms with Crippen molar-refractivity contribution in [2.45, 2.75) is 0 Å². The van der Waals surface area contributed by atoms with Crippen molar-refractivity contribution in [2.75, 3.05) is 0 Å². The Morgan fingerprint density at radius 3 is 1.48 bits per heavy atom. The van der Waals surface area contributed by atoms with Crippen LogP contribution in [-0.2, 0) is 0 Å². The highest BCUT2D eigenvalue weighted by Gasteiger charge is 2.16. The Hall–Kier alpha value is -1.09. The third kappa shape index (κ3) is 4.19. The van der Waals surface area contributed by atoms with Gasteiger partial charge in [-0.15, -0.1) is 0 Å². The summed E-state index contributed by atoms with van der Waals surface area (Å²) in [7, 11) is 0. The van der Waals surface area contributed by atoms with Crippen LogP contribution in [0, 0.1) is 40.7 Å². The Morgan fingerprint density at radius 2 is 1.05 bits per heavy atom. The minimum atomic E-state index is -1.45. The lowest BCUT2D eigenvalue weighted by Crippen LogP contribution is -1.94. The van der Waals surface area contributed by atoms with Crippen LogP contribution in [0.4, 0.5) is 30.7 Å². The maximum atomic E-state index is 12.3. The van der Waals surface area contributed by atoms with Gasteiger partial charge in [0.1, 0.15) is 0 Å². The zero-order valence-corrected chi connectivity index (χ0v) is 12.8. The molecule has 0 aromatic heterocycles. The van der Waals surface area contributed by atoms with Crippen LogP contribution in [0.15, 0.2) is 27.1 Å². The van der Waals surface area contributed by atoms with Crippen LogP contribution in [0.25, 0.3) is 0 Å². The molecule has 0 saturated heterocycles. The average molecular weight is 440 g/mol. The van der Waals surface area contributed by atoms with E-state index in [1.165, 1.54) is 0 Å². The van der Waals surface area contributed by atoms with E-state index in [4.69, 9.17) is 0 Å². The highest BCUT2D eigenvalue weighted by molar-refractivity contribution is 9.10. The molecule has 2 aromatic carbocycles. The molecule has 0 radical (unpaired) electrons. The van der Waals surface area contributed by atoms with Gasteiger partial charge in [0.05, 0.1) is 8.95 Å². The van der Waals surface area contributed by atoms with E-state index < -0.39 is 45.2 Å². The first-order valence-corrected chi connectivity index (χ1v) is 6.52. The number of hydrogen-bond donors (Lipinski definition) is 0. The van der Waals surface area contributed by atoms with Crippen LogP contribution < -0.4 is 0 Å². The van der Waals surface area contributed by atoms with Gasteiger partial charge in [-0.2, -0.15) is 0 Å². The predicted octanol–water partition coefficient (Wildman–Crippen LogP) is 5.87. The summed E-state index contributed by atoms with van der Waals surface area (Å²) in [5.41, 5.74) is 0. The maximum absolute atomic E-state index is 12.3. The Bertz CT molecular complexity index is 620. The van der Waals surface area contributed by atoms with Gasteiger partial charge in [-0.25, -0.2) is 30.7 Å². The second kappa shape index (κ2) is 7.26. The van der Waals surface area contributed by atoms with Gasteiger partial charge in [0.15, 0.2) is 40.7 Å². The summed E-state index contributed by atoms with van der Waals surface area (Å²) in [6.07, 6.45) is 0. The fraction of sp³-hybridized carbons (Fsp3) is 0. The summed E-state index contributed by atoms with van der Waals surface area (Å²) in [5.74, 6) is -9.52. The van der Waals surface area contributed by atoms with Gasteiger partial charge in [-0.1, -0.05) is 0 Å². The van der Waals surface area contributed by atoms with Gasteiger partial charge in [-0.05, 0) is 44.0 Å². The molecule has 2 aromatic rings. The molecule has 0 amide bonds. The van der Waals surface area contributed by atoms with Gasteiger partial charge >= 0.3 is 0 Å². The van der Waals surface area contributed by atoms with Crippen LogP contribution >= 0.6 is 31.9 Å². The van der Waals surface area contributed by atoms with E-state index in [9.17, 15) is 30.7 Å². The Morgan fingerprint density at radius 1 is 0.571 bits per heavy atom. The lowest BCUT2D eigenvalue weighted by Gasteiger charge is -1.98. The van der Waals surface area contributed by atoms with Gasteiger partial charge in [0, 0.05) is 6.07 Å². The second-order valence-corrected chi connectivity index (χ2v) is 5.09. The Labute approximate surface area is 130 Å². The molecule has 0 unspecified atom stereocenters. The zero-order valence-electron chi connectivity index (χ0n) is 9.63. The zero-order chi connectivity index (χ0) is 16.3. The van der Waals surface area contributed by atoms with Crippen LogP contribution in [0.2, 0.25) is 0 Å². The molecule has 0 aliphatic heterocycles. The van der Waals surface area contributed by atoms with Gasteiger partial charge < -0.3 is 0 Å². The molecule has 0 saturated carbocycles. The SMILES string of the molecule is Fc1cc(F)c(F)c(Br)c1F.Fc1ccc(Br)c(F)c1F. The third-order valence-electron chi connectivity index (χ3n) is 2.05. The minimum Gasteiger partial charge on any atom is -0.204 e. The third-order valence-corrected chi connectivity index (χ3v) is 3.35. The van der Waals surface area contributed by atoms with E-state index in [1.807, 2.05) is 0 Å². The summed E-state index contributed by atoms with van der Waals surface area (Å²) < 4.78 is 84.9. The largest absolute Gasteiger partial charge is 0.204 e. The van der Waals surface area contributed by atoms with Crippen LogP contribution in [-0.4, -0.2) is 0 Å². The lowest BCUT2D eigenvalue weighted by molar-refractivity contribution is 0.444. The van der Waals surface area contributed by atoms with Crippen molar-refractivity contribution in [3.05, 3.63) is 67.9 Å². The molecule has 114 valence electrons. The molecule has 0 atom stereocenters. The quantitative estimate of drug-likeness (QED) is 0.273. The summed E-state index contributed by atoms with van der Waals surface area (Å²) in [4.78, 5) is 0. The van der Waals surface area contributed by atoms with E-state index >= 15 is 0 Å². The maximum Gasteiger partial charge on any atom is 0.195 e. The molecule has 0 fully saturated rings. The van der Waals surface area contributed by atoms with Crippen LogP contribution in [0.5, 0.6) is 0 Å². The van der Waals surface area contributed by atoms with Crippen molar-refractivity contribution in [3.8, 4) is 0 Å². The monoisotopic (exact) mass is 438 g/mol. The molecule has 0 spiro atoms. The van der Waals surface area contributed by atoms with E-state index in [2.05, 4.69) is 31.9 Å². The molecule has 0 aliphatic rings. The normalized spacial score (nSPS) is 10.1. The van der Waals surface area contributed by atoms with Crippen molar-refractivity contribution in [2.24, 2.45) is 0 Å². The molecule has 0 nitrogen and oxygen atoms in total. The van der Waals surface area contributed by atoms with Gasteiger partial charge in [0.2, 0.25) is 0 Å². The van der Waals surface area contributed by atoms with Gasteiger partial charge in [0.25, 0.3) is 0 Å². The molecule has 0 N–H and O–H groups in total. The fourth-order valence-electron chi connectivity index (χ4n) is 1.05. The predicted molar refractivity (Wildman–Crippen MR) is 68.0 cm³/mol. The van der Waals surface area contributed by atoms with Crippen LogP contribution in [0.1, 0.15) is 0 Å². The topological polar surface area (TPSA) is 0 Å². The minimum absolute atomic E-state index is 0.0774. The first-order chi connectivity index (χ1) is 9.66. The van der Waals surface area contributed by atoms with Crippen molar-refractivity contribution in [1.29, 1.82) is 0 Å². The molecule has 0 bridgehead atoms. The number of hydrogen-bond acceptors (Lipinski definition) is 0. The van der Waals surface area contributed by atoms with E-state index in [0.29, 0.717) is 0 Å². The average Bonchev–Trinajstić information content (AvgIpc) is 2.45. The molecular weight excluding hydrogens is 437 g/mol. The van der Waals surface area contributed by atoms with Crippen molar-refractivity contribution >= 4 is 31.9 Å². The Kier molecular flexibility index (Phi) is 6.21. The smallest absolute Gasteiger partial charge is 0.195 e. The molecular formula is C12H3Br2F7. The fourth-order valence-corrected chi connectivity index (χ4v) is 1.73. The lowest BCUT2D eigenvalue weighted by atomic mass is 10.3. The molecule has 21 heavy (non-hydrogen) atoms. The highest BCUT2D eigenvalue weighted by Crippen LogP contribution is 2.23. The second-order valence-electron chi connectivity index (χ2n) is 3.44. The van der Waals surface area contributed by atoms with E-state index in [0.717, 1.165) is 12.1 Å². The summed E-state index contributed by atoms with van der Waals surface area (Å²) in [5, 5.41) is 0. The summed E-state index contributed by atoms with van der Waals surface area (Å²) in [6, 6.07) is 2.10. The first kappa shape index (κ1) is 18.0. The molecule has 2 rings (SSSR count). The van der Waals surface area contributed by atoms with Gasteiger partial charge in [-0.3, -0.25) is 0 Å². The Balaban J connectivity index is 0.000000211.